The van der Waals surface area contributed by atoms with Gasteiger partial charge in [-0.15, -0.1) is 0 Å². The van der Waals surface area contributed by atoms with Crippen molar-refractivity contribution in [3.8, 4) is 0 Å². The first kappa shape index (κ1) is 15.8. The molecule has 0 unspecified atom stereocenters. The van der Waals surface area contributed by atoms with Crippen molar-refractivity contribution in [3.05, 3.63) is 52.3 Å². The minimum Gasteiger partial charge on any atom is -0.371 e. The lowest BCUT2D eigenvalue weighted by molar-refractivity contribution is -0.0305. The van der Waals surface area contributed by atoms with Crippen LogP contribution in [0.25, 0.3) is 0 Å². The van der Waals surface area contributed by atoms with Crippen molar-refractivity contribution < 1.29 is 4.74 Å². The van der Waals surface area contributed by atoms with Crippen LogP contribution in [0.1, 0.15) is 18.1 Å². The summed E-state index contributed by atoms with van der Waals surface area (Å²) in [5.41, 5.74) is 1.09. The number of morpholine rings is 1. The number of benzene rings is 1. The van der Waals surface area contributed by atoms with Crippen molar-refractivity contribution in [2.45, 2.75) is 19.1 Å². The van der Waals surface area contributed by atoms with Gasteiger partial charge in [-0.1, -0.05) is 29.3 Å². The van der Waals surface area contributed by atoms with E-state index in [0.717, 1.165) is 44.8 Å². The van der Waals surface area contributed by atoms with Crippen LogP contribution >= 0.6 is 23.2 Å². The molecule has 0 N–H and O–H groups in total. The number of hydrogen-bond acceptors (Lipinski definition) is 3. The fourth-order valence-corrected chi connectivity index (χ4v) is 3.02. The molecule has 22 heavy (non-hydrogen) atoms. The normalized spacial score (nSPS) is 19.5. The van der Waals surface area contributed by atoms with Gasteiger partial charge in [-0.05, 0) is 30.2 Å². The molecule has 2 heterocycles. The average Bonchev–Trinajstić information content (AvgIpc) is 3.04. The highest BCUT2D eigenvalue weighted by molar-refractivity contribution is 6.42. The van der Waals surface area contributed by atoms with E-state index in [2.05, 4.69) is 10.00 Å². The van der Waals surface area contributed by atoms with Crippen LogP contribution in [-0.4, -0.2) is 40.9 Å². The van der Waals surface area contributed by atoms with Crippen LogP contribution in [0.5, 0.6) is 0 Å². The third-order valence-electron chi connectivity index (χ3n) is 3.89. The van der Waals surface area contributed by atoms with Crippen molar-refractivity contribution in [1.82, 2.24) is 14.7 Å². The smallest absolute Gasteiger partial charge is 0.0952 e. The molecule has 0 radical (unpaired) electrons. The molecular formula is C16H19Cl2N3O. The van der Waals surface area contributed by atoms with E-state index >= 15 is 0 Å². The monoisotopic (exact) mass is 339 g/mol. The molecule has 1 aromatic carbocycles. The Morgan fingerprint density at radius 1 is 1.23 bits per heavy atom. The minimum absolute atomic E-state index is 0.0632. The lowest BCUT2D eigenvalue weighted by Gasteiger charge is -2.33. The summed E-state index contributed by atoms with van der Waals surface area (Å²) in [6.07, 6.45) is 4.95. The quantitative estimate of drug-likeness (QED) is 0.832. The topological polar surface area (TPSA) is 30.3 Å². The summed E-state index contributed by atoms with van der Waals surface area (Å²) in [6, 6.07) is 7.68. The van der Waals surface area contributed by atoms with Crippen LogP contribution in [0.3, 0.4) is 0 Å². The van der Waals surface area contributed by atoms with Crippen LogP contribution in [0.2, 0.25) is 10.0 Å². The van der Waals surface area contributed by atoms with Gasteiger partial charge in [-0.3, -0.25) is 9.58 Å². The Hall–Kier alpha value is -1.07. The zero-order valence-corrected chi connectivity index (χ0v) is 13.8. The predicted molar refractivity (Wildman–Crippen MR) is 88.4 cm³/mol. The van der Waals surface area contributed by atoms with E-state index in [1.807, 2.05) is 41.3 Å². The van der Waals surface area contributed by atoms with Gasteiger partial charge in [0, 0.05) is 38.6 Å². The highest BCUT2D eigenvalue weighted by Gasteiger charge is 2.22. The van der Waals surface area contributed by atoms with Crippen LogP contribution in [0.15, 0.2) is 36.7 Å². The van der Waals surface area contributed by atoms with E-state index in [4.69, 9.17) is 27.9 Å². The minimum atomic E-state index is 0.0632. The first-order valence-electron chi connectivity index (χ1n) is 7.49. The second-order valence-corrected chi connectivity index (χ2v) is 6.27. The van der Waals surface area contributed by atoms with Gasteiger partial charge >= 0.3 is 0 Å². The molecule has 1 atom stereocenters. The first-order valence-corrected chi connectivity index (χ1v) is 8.24. The summed E-state index contributed by atoms with van der Waals surface area (Å²) in [5.74, 6) is 0. The van der Waals surface area contributed by atoms with Crippen molar-refractivity contribution in [1.29, 1.82) is 0 Å². The third-order valence-corrected chi connectivity index (χ3v) is 4.63. The first-order chi connectivity index (χ1) is 10.7. The van der Waals surface area contributed by atoms with Gasteiger partial charge in [0.15, 0.2) is 0 Å². The Kier molecular flexibility index (Phi) is 5.37. The van der Waals surface area contributed by atoms with Crippen LogP contribution in [0.4, 0.5) is 0 Å². The predicted octanol–water partition coefficient (Wildman–Crippen LogP) is 3.65. The molecule has 118 valence electrons. The molecule has 1 aromatic heterocycles. The number of ether oxygens (including phenoxy) is 1. The van der Waals surface area contributed by atoms with Crippen LogP contribution < -0.4 is 0 Å². The molecule has 1 fully saturated rings. The number of rotatable bonds is 5. The summed E-state index contributed by atoms with van der Waals surface area (Å²) in [6.45, 7) is 4.59. The van der Waals surface area contributed by atoms with E-state index < -0.39 is 0 Å². The summed E-state index contributed by atoms with van der Waals surface area (Å²) in [7, 11) is 0. The molecule has 0 amide bonds. The zero-order chi connectivity index (χ0) is 15.4. The maximum atomic E-state index is 6.10. The Labute approximate surface area is 140 Å². The number of aryl methyl sites for hydroxylation is 1. The highest BCUT2D eigenvalue weighted by Crippen LogP contribution is 2.29. The van der Waals surface area contributed by atoms with Gasteiger partial charge in [0.05, 0.1) is 22.8 Å². The van der Waals surface area contributed by atoms with E-state index in [1.165, 1.54) is 0 Å². The van der Waals surface area contributed by atoms with Crippen molar-refractivity contribution in [2.75, 3.05) is 26.2 Å². The maximum Gasteiger partial charge on any atom is 0.0952 e. The fourth-order valence-electron chi connectivity index (χ4n) is 2.71. The lowest BCUT2D eigenvalue weighted by Crippen LogP contribution is -2.39. The molecule has 0 bridgehead atoms. The van der Waals surface area contributed by atoms with Gasteiger partial charge in [-0.2, -0.15) is 5.10 Å². The maximum absolute atomic E-state index is 6.10. The van der Waals surface area contributed by atoms with Crippen LogP contribution in [0, 0.1) is 0 Å². The molecule has 0 saturated carbocycles. The average molecular weight is 340 g/mol. The van der Waals surface area contributed by atoms with Gasteiger partial charge < -0.3 is 4.74 Å². The Bertz CT molecular complexity index is 603. The lowest BCUT2D eigenvalue weighted by atomic mass is 10.1. The standard InChI is InChI=1S/C16H19Cl2N3O/c17-14-4-3-13(11-15(14)18)16-12-20(9-10-22-16)6-2-8-21-7-1-5-19-21/h1,3-5,7,11,16H,2,6,8-10,12H2/t16-/m1/s1. The number of hydrogen-bond donors (Lipinski definition) is 0. The second-order valence-electron chi connectivity index (χ2n) is 5.46. The molecule has 2 aromatic rings. The molecule has 1 aliphatic heterocycles. The van der Waals surface area contributed by atoms with E-state index in [0.29, 0.717) is 10.0 Å². The molecule has 1 aliphatic rings. The number of nitrogens with zero attached hydrogens (tertiary/aromatic N) is 3. The van der Waals surface area contributed by atoms with E-state index in [9.17, 15) is 0 Å². The number of halogens is 2. The van der Waals surface area contributed by atoms with Gasteiger partial charge in [0.1, 0.15) is 0 Å². The van der Waals surface area contributed by atoms with E-state index in [1.54, 1.807) is 0 Å². The van der Waals surface area contributed by atoms with Gasteiger partial charge in [-0.25, -0.2) is 0 Å². The third kappa shape index (κ3) is 4.02. The molecule has 6 heteroatoms. The summed E-state index contributed by atoms with van der Waals surface area (Å²) >= 11 is 12.1. The fraction of sp³-hybridized carbons (Fsp3) is 0.438. The Balaban J connectivity index is 1.53. The molecule has 1 saturated heterocycles. The van der Waals surface area contributed by atoms with Gasteiger partial charge in [0.2, 0.25) is 0 Å². The largest absolute Gasteiger partial charge is 0.371 e. The summed E-state index contributed by atoms with van der Waals surface area (Å²) in [4.78, 5) is 2.43. The molecule has 0 spiro atoms. The molecule has 4 nitrogen and oxygen atoms in total. The van der Waals surface area contributed by atoms with E-state index in [-0.39, 0.29) is 6.10 Å². The highest BCUT2D eigenvalue weighted by atomic mass is 35.5. The Morgan fingerprint density at radius 3 is 2.91 bits per heavy atom. The molecular weight excluding hydrogens is 321 g/mol. The van der Waals surface area contributed by atoms with Gasteiger partial charge in [0.25, 0.3) is 0 Å². The molecule has 0 aliphatic carbocycles. The van der Waals surface area contributed by atoms with Crippen molar-refractivity contribution in [2.24, 2.45) is 0 Å². The molecule has 3 rings (SSSR count). The Morgan fingerprint density at radius 2 is 2.14 bits per heavy atom. The number of aromatic nitrogens is 2. The summed E-state index contributed by atoms with van der Waals surface area (Å²) in [5, 5.41) is 5.39. The second kappa shape index (κ2) is 7.47. The zero-order valence-electron chi connectivity index (χ0n) is 12.3. The van der Waals surface area contributed by atoms with Crippen LogP contribution in [-0.2, 0) is 11.3 Å². The van der Waals surface area contributed by atoms with Crippen molar-refractivity contribution >= 4 is 23.2 Å². The van der Waals surface area contributed by atoms with Crippen molar-refractivity contribution in [3.63, 3.8) is 0 Å². The summed E-state index contributed by atoms with van der Waals surface area (Å²) < 4.78 is 7.85. The SMILES string of the molecule is Clc1ccc([C@H]2CN(CCCn3cccn3)CCO2)cc1Cl.